The Balaban J connectivity index is 1.55. The van der Waals surface area contributed by atoms with Crippen LogP contribution in [0.25, 0.3) is 22.0 Å². The van der Waals surface area contributed by atoms with Crippen LogP contribution in [-0.2, 0) is 15.7 Å². The summed E-state index contributed by atoms with van der Waals surface area (Å²) in [4.78, 5) is 7.94. The first kappa shape index (κ1) is 20.1. The maximum Gasteiger partial charge on any atom is 0.494 e. The van der Waals surface area contributed by atoms with Gasteiger partial charge in [0, 0.05) is 12.0 Å². The van der Waals surface area contributed by atoms with Gasteiger partial charge in [0.1, 0.15) is 5.82 Å². The molecular weight excluding hydrogens is 361 g/mol. The van der Waals surface area contributed by atoms with Gasteiger partial charge in [-0.15, -0.1) is 0 Å². The second-order valence-electron chi connectivity index (χ2n) is 8.90. The fraction of sp³-hybridized carbons (Fsp3) is 0.435. The van der Waals surface area contributed by atoms with Crippen molar-refractivity contribution < 1.29 is 9.31 Å². The number of aromatic amines is 1. The van der Waals surface area contributed by atoms with Crippen molar-refractivity contribution in [3.63, 3.8) is 0 Å². The minimum absolute atomic E-state index is 0.334. The average molecular weight is 391 g/mol. The van der Waals surface area contributed by atoms with Crippen LogP contribution < -0.4 is 11.2 Å². The second kappa shape index (κ2) is 7.60. The topological polar surface area (TPSA) is 73.2 Å². The van der Waals surface area contributed by atoms with Gasteiger partial charge < -0.3 is 20.0 Å². The molecule has 4 rings (SSSR count). The number of unbranched alkanes of at least 4 members (excludes halogenated alkanes) is 1. The predicted octanol–water partition coefficient (Wildman–Crippen LogP) is 3.81. The zero-order chi connectivity index (χ0) is 20.6. The van der Waals surface area contributed by atoms with Crippen LogP contribution in [0.3, 0.4) is 0 Å². The van der Waals surface area contributed by atoms with Gasteiger partial charge in [0.25, 0.3) is 0 Å². The molecule has 1 aromatic heterocycles. The minimum atomic E-state index is -0.340. The number of nitrogens with one attached hydrogen (secondary N) is 1. The third-order valence-corrected chi connectivity index (χ3v) is 6.20. The first-order chi connectivity index (χ1) is 13.8. The summed E-state index contributed by atoms with van der Waals surface area (Å²) in [5, 5.41) is 2.35. The highest BCUT2D eigenvalue weighted by molar-refractivity contribution is 6.62. The van der Waals surface area contributed by atoms with Crippen molar-refractivity contribution in [3.05, 3.63) is 48.4 Å². The molecule has 0 amide bonds. The molecule has 3 aromatic rings. The van der Waals surface area contributed by atoms with Gasteiger partial charge >= 0.3 is 7.12 Å². The highest BCUT2D eigenvalue weighted by Gasteiger charge is 2.51. The average Bonchev–Trinajstić information content (AvgIpc) is 3.23. The number of fused-ring (bicyclic) bond motifs is 1. The number of hydrogen-bond donors (Lipinski definition) is 2. The number of rotatable bonds is 6. The number of aromatic nitrogens is 2. The Morgan fingerprint density at radius 1 is 0.966 bits per heavy atom. The Hall–Kier alpha value is -2.15. The van der Waals surface area contributed by atoms with Gasteiger partial charge in [-0.3, -0.25) is 0 Å². The maximum atomic E-state index is 6.19. The summed E-state index contributed by atoms with van der Waals surface area (Å²) in [7, 11) is -0.340. The van der Waals surface area contributed by atoms with Crippen molar-refractivity contribution in [2.75, 3.05) is 6.54 Å². The predicted molar refractivity (Wildman–Crippen MR) is 119 cm³/mol. The van der Waals surface area contributed by atoms with E-state index < -0.39 is 0 Å². The Morgan fingerprint density at radius 2 is 1.66 bits per heavy atom. The molecule has 29 heavy (non-hydrogen) atoms. The van der Waals surface area contributed by atoms with E-state index in [0.29, 0.717) is 0 Å². The van der Waals surface area contributed by atoms with E-state index in [4.69, 9.17) is 15.0 Å². The fourth-order valence-electron chi connectivity index (χ4n) is 3.63. The molecule has 1 saturated heterocycles. The lowest BCUT2D eigenvalue weighted by Crippen LogP contribution is -2.41. The molecule has 0 bridgehead atoms. The van der Waals surface area contributed by atoms with E-state index in [-0.39, 0.29) is 18.3 Å². The fourth-order valence-corrected chi connectivity index (χ4v) is 3.63. The van der Waals surface area contributed by atoms with Crippen LogP contribution in [0, 0.1) is 0 Å². The Kier molecular flexibility index (Phi) is 5.28. The molecule has 1 aliphatic heterocycles. The number of benzene rings is 2. The largest absolute Gasteiger partial charge is 0.494 e. The summed E-state index contributed by atoms with van der Waals surface area (Å²) >= 11 is 0. The van der Waals surface area contributed by atoms with Gasteiger partial charge in [-0.2, -0.15) is 0 Å². The van der Waals surface area contributed by atoms with E-state index in [2.05, 4.69) is 74.1 Å². The molecule has 0 saturated carbocycles. The number of H-pyrrole nitrogens is 1. The lowest BCUT2D eigenvalue weighted by Gasteiger charge is -2.32. The summed E-state index contributed by atoms with van der Waals surface area (Å²) in [6.07, 6.45) is 4.93. The molecule has 0 spiro atoms. The van der Waals surface area contributed by atoms with Crippen molar-refractivity contribution in [2.45, 2.75) is 58.2 Å². The molecule has 0 atom stereocenters. The van der Waals surface area contributed by atoms with Crippen molar-refractivity contribution in [2.24, 2.45) is 5.73 Å². The van der Waals surface area contributed by atoms with E-state index in [9.17, 15) is 0 Å². The van der Waals surface area contributed by atoms with Crippen LogP contribution in [-0.4, -0.2) is 34.8 Å². The smallest absolute Gasteiger partial charge is 0.399 e. The van der Waals surface area contributed by atoms with Crippen molar-refractivity contribution >= 4 is 23.4 Å². The van der Waals surface area contributed by atoms with Crippen molar-refractivity contribution in [1.82, 2.24) is 9.97 Å². The Morgan fingerprint density at radius 3 is 2.38 bits per heavy atom. The summed E-state index contributed by atoms with van der Waals surface area (Å²) in [5.74, 6) is 1.02. The molecule has 1 aliphatic rings. The maximum absolute atomic E-state index is 6.19. The molecule has 6 heteroatoms. The van der Waals surface area contributed by atoms with Crippen LogP contribution >= 0.6 is 0 Å². The first-order valence-electron chi connectivity index (χ1n) is 10.4. The van der Waals surface area contributed by atoms with E-state index in [1.54, 1.807) is 0 Å². The van der Waals surface area contributed by atoms with Gasteiger partial charge in [0.05, 0.1) is 23.1 Å². The SMILES string of the molecule is CC1(C)OB(c2ccc3cc(-c4cnc(CCCCN)[nH]4)ccc3c2)OC1(C)C. The van der Waals surface area contributed by atoms with Crippen molar-refractivity contribution in [3.8, 4) is 11.3 Å². The number of imidazole rings is 1. The summed E-state index contributed by atoms with van der Waals surface area (Å²) in [6, 6.07) is 12.9. The summed E-state index contributed by atoms with van der Waals surface area (Å²) in [6.45, 7) is 9.04. The second-order valence-corrected chi connectivity index (χ2v) is 8.90. The normalized spacial score (nSPS) is 17.9. The van der Waals surface area contributed by atoms with Crippen molar-refractivity contribution in [1.29, 1.82) is 0 Å². The Labute approximate surface area is 173 Å². The number of hydrogen-bond acceptors (Lipinski definition) is 4. The van der Waals surface area contributed by atoms with E-state index in [1.165, 1.54) is 10.8 Å². The van der Waals surface area contributed by atoms with E-state index in [1.807, 2.05) is 6.20 Å². The number of nitrogens with zero attached hydrogens (tertiary/aromatic N) is 1. The number of aryl methyl sites for hydroxylation is 1. The van der Waals surface area contributed by atoms with Gasteiger partial charge in [0.2, 0.25) is 0 Å². The zero-order valence-electron chi connectivity index (χ0n) is 17.8. The highest BCUT2D eigenvalue weighted by atomic mass is 16.7. The van der Waals surface area contributed by atoms with Crippen LogP contribution in [0.15, 0.2) is 42.6 Å². The lowest BCUT2D eigenvalue weighted by atomic mass is 9.78. The molecule has 0 unspecified atom stereocenters. The summed E-state index contributed by atoms with van der Waals surface area (Å²) in [5.41, 5.74) is 8.14. The monoisotopic (exact) mass is 391 g/mol. The van der Waals surface area contributed by atoms with Crippen LogP contribution in [0.5, 0.6) is 0 Å². The minimum Gasteiger partial charge on any atom is -0.399 e. The standard InChI is InChI=1S/C23H30BN3O2/c1-22(2)23(3,4)29-24(28-22)19-11-10-16-13-18(9-8-17(16)14-19)20-15-26-21(27-20)7-5-6-12-25/h8-11,13-15H,5-7,12,25H2,1-4H3,(H,26,27). The number of nitrogens with two attached hydrogens (primary N) is 1. The third kappa shape index (κ3) is 3.97. The summed E-state index contributed by atoms with van der Waals surface area (Å²) < 4.78 is 12.4. The molecule has 0 aliphatic carbocycles. The zero-order valence-corrected chi connectivity index (χ0v) is 17.8. The molecule has 5 nitrogen and oxygen atoms in total. The van der Waals surface area contributed by atoms with Gasteiger partial charge in [-0.1, -0.05) is 30.3 Å². The van der Waals surface area contributed by atoms with Gasteiger partial charge in [-0.05, 0) is 69.4 Å². The molecule has 2 heterocycles. The molecule has 1 fully saturated rings. The molecule has 2 aromatic carbocycles. The first-order valence-corrected chi connectivity index (χ1v) is 10.4. The van der Waals surface area contributed by atoms with Gasteiger partial charge in [0.15, 0.2) is 0 Å². The van der Waals surface area contributed by atoms with Gasteiger partial charge in [-0.25, -0.2) is 4.98 Å². The molecule has 0 radical (unpaired) electrons. The van der Waals surface area contributed by atoms with Crippen LogP contribution in [0.2, 0.25) is 0 Å². The molecule has 3 N–H and O–H groups in total. The van der Waals surface area contributed by atoms with E-state index >= 15 is 0 Å². The lowest BCUT2D eigenvalue weighted by molar-refractivity contribution is 0.00578. The quantitative estimate of drug-likeness (QED) is 0.495. The van der Waals surface area contributed by atoms with Crippen LogP contribution in [0.4, 0.5) is 0 Å². The third-order valence-electron chi connectivity index (χ3n) is 6.20. The van der Waals surface area contributed by atoms with E-state index in [0.717, 1.165) is 48.4 Å². The van der Waals surface area contributed by atoms with Crippen LogP contribution in [0.1, 0.15) is 46.4 Å². The Bertz CT molecular complexity index is 996. The molecular formula is C23H30BN3O2. The highest BCUT2D eigenvalue weighted by Crippen LogP contribution is 2.36. The molecule has 152 valence electrons.